The van der Waals surface area contributed by atoms with Gasteiger partial charge in [-0.15, -0.1) is 11.3 Å². The van der Waals surface area contributed by atoms with E-state index < -0.39 is 11.9 Å². The lowest BCUT2D eigenvalue weighted by Crippen LogP contribution is -2.15. The Morgan fingerprint density at radius 2 is 2.10 bits per heavy atom. The lowest BCUT2D eigenvalue weighted by molar-refractivity contribution is 0.0528. The van der Waals surface area contributed by atoms with Crippen LogP contribution < -0.4 is 11.1 Å². The fourth-order valence-corrected chi connectivity index (χ4v) is 2.63. The predicted molar refractivity (Wildman–Crippen MR) is 84.1 cm³/mol. The molecule has 110 valence electrons. The van der Waals surface area contributed by atoms with Gasteiger partial charge in [0, 0.05) is 0 Å². The molecule has 21 heavy (non-hydrogen) atoms. The Kier molecular flexibility index (Phi) is 4.82. The number of nitrogens with one attached hydrogen (secondary N) is 1. The van der Waals surface area contributed by atoms with Crippen molar-refractivity contribution in [1.82, 2.24) is 0 Å². The average molecular weight is 325 g/mol. The second-order valence-corrected chi connectivity index (χ2v) is 5.36. The highest BCUT2D eigenvalue weighted by Gasteiger charge is 2.18. The minimum atomic E-state index is -0.479. The number of benzene rings is 1. The van der Waals surface area contributed by atoms with Crippen molar-refractivity contribution in [2.24, 2.45) is 0 Å². The van der Waals surface area contributed by atoms with Gasteiger partial charge in [-0.25, -0.2) is 4.79 Å². The Morgan fingerprint density at radius 1 is 1.33 bits per heavy atom. The van der Waals surface area contributed by atoms with Gasteiger partial charge in [-0.2, -0.15) is 0 Å². The minimum Gasteiger partial charge on any atom is -0.462 e. The van der Waals surface area contributed by atoms with Crippen LogP contribution in [0, 0.1) is 0 Å². The molecule has 7 heteroatoms. The van der Waals surface area contributed by atoms with Crippen LogP contribution in [0.15, 0.2) is 29.6 Å². The maximum absolute atomic E-state index is 12.2. The Hall–Kier alpha value is -2.05. The zero-order valence-corrected chi connectivity index (χ0v) is 12.8. The molecule has 3 N–H and O–H groups in total. The molecule has 0 aliphatic carbocycles. The molecule has 0 radical (unpaired) electrons. The number of amides is 1. The van der Waals surface area contributed by atoms with E-state index in [2.05, 4.69) is 5.32 Å². The standard InChI is InChI=1S/C14H13ClN2O3S/c1-2-20-14(19)9-6-7-21-13(9)17-12(18)8-4-3-5-10(15)11(8)16/h3-7H,2,16H2,1H3,(H,17,18). The van der Waals surface area contributed by atoms with Gasteiger partial charge >= 0.3 is 5.97 Å². The van der Waals surface area contributed by atoms with Gasteiger partial charge in [0.1, 0.15) is 5.00 Å². The number of para-hydroxylation sites is 1. The molecule has 0 saturated heterocycles. The molecule has 2 rings (SSSR count). The highest BCUT2D eigenvalue weighted by atomic mass is 35.5. The fraction of sp³-hybridized carbons (Fsp3) is 0.143. The summed E-state index contributed by atoms with van der Waals surface area (Å²) < 4.78 is 4.93. The molecule has 0 spiro atoms. The highest BCUT2D eigenvalue weighted by molar-refractivity contribution is 7.14. The smallest absolute Gasteiger partial charge is 0.341 e. The Labute approximate surface area is 130 Å². The summed E-state index contributed by atoms with van der Waals surface area (Å²) in [6.45, 7) is 1.98. The number of anilines is 2. The van der Waals surface area contributed by atoms with Crippen molar-refractivity contribution in [3.63, 3.8) is 0 Å². The maximum atomic E-state index is 12.2. The van der Waals surface area contributed by atoms with E-state index in [0.717, 1.165) is 0 Å². The summed E-state index contributed by atoms with van der Waals surface area (Å²) in [5.41, 5.74) is 6.55. The molecule has 1 aromatic heterocycles. The van der Waals surface area contributed by atoms with Crippen LogP contribution in [0.5, 0.6) is 0 Å². The van der Waals surface area contributed by atoms with E-state index in [-0.39, 0.29) is 17.9 Å². The van der Waals surface area contributed by atoms with Crippen molar-refractivity contribution in [3.05, 3.63) is 45.8 Å². The van der Waals surface area contributed by atoms with Crippen molar-refractivity contribution in [2.45, 2.75) is 6.92 Å². The van der Waals surface area contributed by atoms with E-state index in [1.165, 1.54) is 11.3 Å². The third-order valence-corrected chi connectivity index (χ3v) is 3.84. The van der Waals surface area contributed by atoms with Gasteiger partial charge in [-0.3, -0.25) is 4.79 Å². The topological polar surface area (TPSA) is 81.4 Å². The molecule has 0 bridgehead atoms. The first kappa shape index (κ1) is 15.3. The summed E-state index contributed by atoms with van der Waals surface area (Å²) >= 11 is 7.12. The van der Waals surface area contributed by atoms with Crippen LogP contribution in [-0.4, -0.2) is 18.5 Å². The van der Waals surface area contributed by atoms with Crippen LogP contribution >= 0.6 is 22.9 Å². The lowest BCUT2D eigenvalue weighted by atomic mass is 10.1. The zero-order chi connectivity index (χ0) is 15.4. The molecule has 0 unspecified atom stereocenters. The normalized spacial score (nSPS) is 10.2. The number of nitrogen functional groups attached to an aromatic ring is 1. The Balaban J connectivity index is 2.23. The number of rotatable bonds is 4. The molecule has 5 nitrogen and oxygen atoms in total. The molecular weight excluding hydrogens is 312 g/mol. The van der Waals surface area contributed by atoms with E-state index in [4.69, 9.17) is 22.1 Å². The van der Waals surface area contributed by atoms with Gasteiger partial charge in [0.2, 0.25) is 0 Å². The van der Waals surface area contributed by atoms with Gasteiger partial charge in [0.05, 0.1) is 28.4 Å². The van der Waals surface area contributed by atoms with E-state index in [1.807, 2.05) is 0 Å². The number of thiophene rings is 1. The fourth-order valence-electron chi connectivity index (χ4n) is 1.68. The Morgan fingerprint density at radius 3 is 2.81 bits per heavy atom. The number of nitrogens with two attached hydrogens (primary N) is 1. The largest absolute Gasteiger partial charge is 0.462 e. The molecule has 1 aromatic carbocycles. The van der Waals surface area contributed by atoms with Crippen LogP contribution in [-0.2, 0) is 4.74 Å². The maximum Gasteiger partial charge on any atom is 0.341 e. The molecule has 0 atom stereocenters. The van der Waals surface area contributed by atoms with Crippen molar-refractivity contribution >= 4 is 45.5 Å². The van der Waals surface area contributed by atoms with E-state index in [1.54, 1.807) is 36.6 Å². The molecule has 1 heterocycles. The van der Waals surface area contributed by atoms with Crippen LogP contribution in [0.1, 0.15) is 27.6 Å². The molecule has 0 aliphatic heterocycles. The number of hydrogen-bond acceptors (Lipinski definition) is 5. The number of carbonyl (C=O) groups is 2. The predicted octanol–water partition coefficient (Wildman–Crippen LogP) is 3.41. The van der Waals surface area contributed by atoms with Crippen molar-refractivity contribution in [3.8, 4) is 0 Å². The number of ether oxygens (including phenoxy) is 1. The lowest BCUT2D eigenvalue weighted by Gasteiger charge is -2.08. The molecule has 0 aliphatic rings. The number of esters is 1. The quantitative estimate of drug-likeness (QED) is 0.667. The van der Waals surface area contributed by atoms with Crippen molar-refractivity contribution < 1.29 is 14.3 Å². The summed E-state index contributed by atoms with van der Waals surface area (Å²) in [5.74, 6) is -0.906. The van der Waals surface area contributed by atoms with E-state index >= 15 is 0 Å². The van der Waals surface area contributed by atoms with Crippen LogP contribution in [0.2, 0.25) is 5.02 Å². The average Bonchev–Trinajstić information content (AvgIpc) is 2.90. The summed E-state index contributed by atoms with van der Waals surface area (Å²) in [6.07, 6.45) is 0. The molecule has 2 aromatic rings. The van der Waals surface area contributed by atoms with Gasteiger partial charge < -0.3 is 15.8 Å². The van der Waals surface area contributed by atoms with Crippen molar-refractivity contribution in [1.29, 1.82) is 0 Å². The highest BCUT2D eigenvalue weighted by Crippen LogP contribution is 2.27. The van der Waals surface area contributed by atoms with Gasteiger partial charge in [0.15, 0.2) is 0 Å². The van der Waals surface area contributed by atoms with Crippen LogP contribution in [0.25, 0.3) is 0 Å². The number of hydrogen-bond donors (Lipinski definition) is 2. The van der Waals surface area contributed by atoms with Crippen LogP contribution in [0.3, 0.4) is 0 Å². The SMILES string of the molecule is CCOC(=O)c1ccsc1NC(=O)c1cccc(Cl)c1N. The van der Waals surface area contributed by atoms with Crippen LogP contribution in [0.4, 0.5) is 10.7 Å². The van der Waals surface area contributed by atoms with E-state index in [0.29, 0.717) is 15.6 Å². The summed E-state index contributed by atoms with van der Waals surface area (Å²) in [4.78, 5) is 24.0. The molecule has 0 saturated carbocycles. The van der Waals surface area contributed by atoms with Gasteiger partial charge in [-0.05, 0) is 30.5 Å². The van der Waals surface area contributed by atoms with Gasteiger partial charge in [0.25, 0.3) is 5.91 Å². The first-order valence-electron chi connectivity index (χ1n) is 6.14. The first-order chi connectivity index (χ1) is 10.0. The monoisotopic (exact) mass is 324 g/mol. The third-order valence-electron chi connectivity index (χ3n) is 2.69. The number of carbonyl (C=O) groups excluding carboxylic acids is 2. The van der Waals surface area contributed by atoms with Gasteiger partial charge in [-0.1, -0.05) is 17.7 Å². The van der Waals surface area contributed by atoms with E-state index in [9.17, 15) is 9.59 Å². The second-order valence-electron chi connectivity index (χ2n) is 4.04. The zero-order valence-electron chi connectivity index (χ0n) is 11.2. The molecule has 1 amide bonds. The second kappa shape index (κ2) is 6.60. The summed E-state index contributed by atoms with van der Waals surface area (Å²) in [6, 6.07) is 6.39. The first-order valence-corrected chi connectivity index (χ1v) is 7.40. The summed E-state index contributed by atoms with van der Waals surface area (Å²) in [5, 5.41) is 5.07. The molecular formula is C14H13ClN2O3S. The Bertz CT molecular complexity index is 685. The molecule has 0 fully saturated rings. The summed E-state index contributed by atoms with van der Waals surface area (Å²) in [7, 11) is 0. The van der Waals surface area contributed by atoms with Crippen molar-refractivity contribution in [2.75, 3.05) is 17.7 Å². The third kappa shape index (κ3) is 3.34. The minimum absolute atomic E-state index is 0.200. The number of halogens is 1.